The van der Waals surface area contributed by atoms with Gasteiger partial charge >= 0.3 is 57.7 Å². The van der Waals surface area contributed by atoms with Gasteiger partial charge in [0.05, 0.1) is 0 Å². The van der Waals surface area contributed by atoms with E-state index in [0.717, 1.165) is 15.2 Å². The maximum atomic E-state index is 11.6. The molecule has 0 aliphatic rings. The van der Waals surface area contributed by atoms with E-state index < -0.39 is 24.6 Å². The second-order valence-electron chi connectivity index (χ2n) is 3.03. The average Bonchev–Trinajstić information content (AvgIpc) is 2.18. The van der Waals surface area contributed by atoms with Crippen molar-refractivity contribution in [1.82, 2.24) is 0 Å². The fourth-order valence-electron chi connectivity index (χ4n) is 0.587. The van der Waals surface area contributed by atoms with Crippen LogP contribution in [0.4, 0.5) is 30.7 Å². The first-order valence-electron chi connectivity index (χ1n) is 4.70. The van der Waals surface area contributed by atoms with Gasteiger partial charge in [-0.3, -0.25) is 0 Å². The van der Waals surface area contributed by atoms with Crippen molar-refractivity contribution in [2.45, 2.75) is 42.4 Å². The second kappa shape index (κ2) is 7.44. The van der Waals surface area contributed by atoms with Crippen LogP contribution < -0.4 is 5.11 Å². The first kappa shape index (κ1) is 19.3. The summed E-state index contributed by atoms with van der Waals surface area (Å²) in [6, 6.07) is 0. The Morgan fingerprint density at radius 2 is 1.24 bits per heavy atom. The molecule has 0 spiro atoms. The molecule has 17 heavy (non-hydrogen) atoms. The van der Waals surface area contributed by atoms with Crippen LogP contribution in [0.1, 0.15) is 13.8 Å². The Balaban J connectivity index is 0. The summed E-state index contributed by atoms with van der Waals surface area (Å²) in [5.41, 5.74) is 0. The smallest absolute Gasteiger partial charge is 0.459 e. The Kier molecular flexibility index (Phi) is 8.47. The fourth-order valence-corrected chi connectivity index (χ4v) is 1.16. The molecule has 1 nitrogen and oxygen atoms in total. The van der Waals surface area contributed by atoms with Gasteiger partial charge in [0.15, 0.2) is 0 Å². The van der Waals surface area contributed by atoms with Crippen LogP contribution in [0, 0.1) is 0 Å². The van der Waals surface area contributed by atoms with Gasteiger partial charge in [-0.15, -0.1) is 0 Å². The molecule has 0 aliphatic heterocycles. The summed E-state index contributed by atoms with van der Waals surface area (Å²) in [6.07, 6.45) is -6.40. The van der Waals surface area contributed by atoms with Crippen LogP contribution >= 0.6 is 0 Å². The van der Waals surface area contributed by atoms with Crippen LogP contribution in [-0.2, 0) is 0 Å². The monoisotopic (exact) mass is 284 g/mol. The molecule has 0 radical (unpaired) electrons. The summed E-state index contributed by atoms with van der Waals surface area (Å²) in [6.45, 7) is 1.69. The van der Waals surface area contributed by atoms with Crippen molar-refractivity contribution in [1.29, 1.82) is 0 Å². The molecule has 0 saturated heterocycles. The van der Waals surface area contributed by atoms with Crippen molar-refractivity contribution in [2.75, 3.05) is 6.61 Å². The van der Waals surface area contributed by atoms with Gasteiger partial charge in [-0.05, 0) is 0 Å². The van der Waals surface area contributed by atoms with Crippen LogP contribution in [0.3, 0.4) is 0 Å². The first-order chi connectivity index (χ1) is 7.47. The van der Waals surface area contributed by atoms with E-state index in [4.69, 9.17) is 0 Å². The Morgan fingerprint density at radius 1 is 0.882 bits per heavy atom. The average molecular weight is 284 g/mol. The topological polar surface area (TPSA) is 23.1 Å². The van der Waals surface area contributed by atoms with E-state index in [-0.39, 0.29) is 0 Å². The van der Waals surface area contributed by atoms with Crippen molar-refractivity contribution in [3.8, 4) is 0 Å². The largest absolute Gasteiger partial charge is 0.850 e. The van der Waals surface area contributed by atoms with Crippen molar-refractivity contribution < 1.29 is 35.8 Å². The molecule has 0 aromatic heterocycles. The van der Waals surface area contributed by atoms with E-state index in [2.05, 4.69) is 13.8 Å². The summed E-state index contributed by atoms with van der Waals surface area (Å²) in [4.78, 5) is 0. The molecule has 0 rings (SSSR count). The fraction of sp³-hybridized carbons (Fsp3) is 1.00. The predicted molar refractivity (Wildman–Crippen MR) is 47.5 cm³/mol. The Hall–Kier alpha value is 0.00247. The van der Waals surface area contributed by atoms with Gasteiger partial charge < -0.3 is 5.11 Å². The Labute approximate surface area is 101 Å². The molecule has 0 saturated carbocycles. The minimum Gasteiger partial charge on any atom is -0.850 e. The number of hydrogen-bond acceptors (Lipinski definition) is 1. The van der Waals surface area contributed by atoms with E-state index in [0.29, 0.717) is 0 Å². The number of alkyl halides is 7. The molecule has 0 aliphatic carbocycles. The zero-order valence-corrected chi connectivity index (χ0v) is 10.4. The van der Waals surface area contributed by atoms with Crippen molar-refractivity contribution >= 4 is 15.2 Å². The predicted octanol–water partition coefficient (Wildman–Crippen LogP) is 2.75. The SMILES string of the molecule is C[CH2][Al+][CH2]C.[O-]CC(F)(F)C(F)(F)C(F)(F)F. The van der Waals surface area contributed by atoms with Crippen molar-refractivity contribution in [2.24, 2.45) is 0 Å². The van der Waals surface area contributed by atoms with Crippen molar-refractivity contribution in [3.63, 3.8) is 0 Å². The third kappa shape index (κ3) is 5.93. The van der Waals surface area contributed by atoms with Gasteiger partial charge in [-0.2, -0.15) is 22.0 Å². The zero-order chi connectivity index (χ0) is 14.3. The van der Waals surface area contributed by atoms with Crippen LogP contribution in [0.2, 0.25) is 10.6 Å². The maximum absolute atomic E-state index is 11.6. The number of hydrogen-bond donors (Lipinski definition) is 0. The van der Waals surface area contributed by atoms with Gasteiger partial charge in [0.1, 0.15) is 0 Å². The summed E-state index contributed by atoms with van der Waals surface area (Å²) in [5.74, 6) is -11.9. The summed E-state index contributed by atoms with van der Waals surface area (Å²) < 4.78 is 80.0. The minimum absolute atomic E-state index is 0.815. The molecule has 0 amide bonds. The van der Waals surface area contributed by atoms with Gasteiger partial charge in [-0.25, -0.2) is 8.78 Å². The minimum atomic E-state index is -6.40. The second-order valence-corrected chi connectivity index (χ2v) is 5.24. The molecule has 0 aromatic carbocycles. The molecule has 0 bridgehead atoms. The van der Waals surface area contributed by atoms with E-state index >= 15 is 0 Å². The van der Waals surface area contributed by atoms with Crippen LogP contribution in [-0.4, -0.2) is 39.8 Å². The van der Waals surface area contributed by atoms with Crippen LogP contribution in [0.15, 0.2) is 0 Å². The van der Waals surface area contributed by atoms with Crippen LogP contribution in [0.5, 0.6) is 0 Å². The Bertz CT molecular complexity index is 203. The van der Waals surface area contributed by atoms with E-state index in [1.807, 2.05) is 0 Å². The quantitative estimate of drug-likeness (QED) is 0.575. The van der Waals surface area contributed by atoms with Crippen LogP contribution in [0.25, 0.3) is 0 Å². The molecule has 0 N–H and O–H groups in total. The van der Waals surface area contributed by atoms with Crippen molar-refractivity contribution in [3.05, 3.63) is 0 Å². The Morgan fingerprint density at radius 3 is 1.29 bits per heavy atom. The zero-order valence-electron chi connectivity index (χ0n) is 9.25. The van der Waals surface area contributed by atoms with Gasteiger partial charge in [0, 0.05) is 0 Å². The molecule has 9 heteroatoms. The molecular weight excluding hydrogens is 272 g/mol. The summed E-state index contributed by atoms with van der Waals surface area (Å²) in [5, 5.41) is 12.2. The normalized spacial score (nSPS) is 12.6. The molecule has 0 aromatic rings. The van der Waals surface area contributed by atoms with Gasteiger partial charge in [0.2, 0.25) is 0 Å². The molecule has 102 valence electrons. The summed E-state index contributed by atoms with van der Waals surface area (Å²) in [7, 11) is 0. The first-order valence-corrected chi connectivity index (χ1v) is 6.33. The molecular formula is C8H12AlF7O. The number of halogens is 7. The maximum Gasteiger partial charge on any atom is 0.459 e. The third-order valence-corrected chi connectivity index (χ3v) is 2.73. The van der Waals surface area contributed by atoms with E-state index in [1.54, 1.807) is 0 Å². The van der Waals surface area contributed by atoms with Gasteiger partial charge in [0.25, 0.3) is 0 Å². The van der Waals surface area contributed by atoms with Gasteiger partial charge in [-0.1, -0.05) is 6.61 Å². The molecule has 0 atom stereocenters. The van der Waals surface area contributed by atoms with E-state index in [1.165, 1.54) is 10.6 Å². The molecule has 0 unspecified atom stereocenters. The number of rotatable bonds is 4. The summed E-state index contributed by atoms with van der Waals surface area (Å²) >= 11 is 0.815. The van der Waals surface area contributed by atoms with E-state index in [9.17, 15) is 35.8 Å². The molecule has 0 fully saturated rings. The standard InChI is InChI=1S/C4H2F7O.2C2H5.Al/c5-2(6,1-12)3(7,8)4(9,10)11;2*1-2;/h1H2;2*1H2,2H3;/q-1;;;+1. The third-order valence-electron chi connectivity index (χ3n) is 1.57. The molecule has 0 heterocycles.